The number of ether oxygens (including phenoxy) is 1. The van der Waals surface area contributed by atoms with Gasteiger partial charge in [-0.05, 0) is 31.2 Å². The van der Waals surface area contributed by atoms with E-state index in [1.165, 1.54) is 0 Å². The molecule has 0 fully saturated rings. The van der Waals surface area contributed by atoms with Crippen molar-refractivity contribution in [2.75, 3.05) is 6.61 Å². The molecule has 2 aromatic carbocycles. The van der Waals surface area contributed by atoms with Crippen LogP contribution in [-0.2, 0) is 4.74 Å². The minimum absolute atomic E-state index is 0. The van der Waals surface area contributed by atoms with Crippen molar-refractivity contribution >= 4 is 18.3 Å². The lowest BCUT2D eigenvalue weighted by atomic mass is 10.2. The van der Waals surface area contributed by atoms with Crippen LogP contribution in [0.3, 0.4) is 0 Å². The number of hydrogen-bond donors (Lipinski definition) is 1. The van der Waals surface area contributed by atoms with Crippen molar-refractivity contribution in [1.82, 2.24) is 0 Å². The normalized spacial score (nSPS) is 8.20. The van der Waals surface area contributed by atoms with Crippen LogP contribution in [0.1, 0.15) is 18.1 Å². The van der Waals surface area contributed by atoms with Crippen molar-refractivity contribution in [3.05, 3.63) is 71.8 Å². The predicted molar refractivity (Wildman–Crippen MR) is 83.3 cm³/mol. The van der Waals surface area contributed by atoms with Crippen LogP contribution in [-0.4, -0.2) is 12.5 Å². The molecule has 0 amide bonds. The smallest absolute Gasteiger partial charge is 0.213 e. The van der Waals surface area contributed by atoms with E-state index in [0.717, 1.165) is 5.56 Å². The highest BCUT2D eigenvalue weighted by atomic mass is 35.5. The molecule has 4 heteroatoms. The molecular formula is C16H17ClN2O. The van der Waals surface area contributed by atoms with Crippen LogP contribution in [0, 0.1) is 16.7 Å². The molecule has 0 saturated heterocycles. The van der Waals surface area contributed by atoms with Crippen LogP contribution in [0.15, 0.2) is 60.7 Å². The van der Waals surface area contributed by atoms with E-state index >= 15 is 0 Å². The lowest BCUT2D eigenvalue weighted by Crippen LogP contribution is -2.03. The molecule has 104 valence electrons. The lowest BCUT2D eigenvalue weighted by Gasteiger charge is -2.02. The van der Waals surface area contributed by atoms with Gasteiger partial charge in [-0.2, -0.15) is 5.26 Å². The van der Waals surface area contributed by atoms with Crippen LogP contribution < -0.4 is 0 Å². The Balaban J connectivity index is 0.000000359. The third-order valence-corrected chi connectivity index (χ3v) is 2.23. The van der Waals surface area contributed by atoms with Gasteiger partial charge in [0.25, 0.3) is 0 Å². The highest BCUT2D eigenvalue weighted by Gasteiger charge is 1.97. The van der Waals surface area contributed by atoms with Gasteiger partial charge >= 0.3 is 0 Å². The van der Waals surface area contributed by atoms with Crippen LogP contribution in [0.4, 0.5) is 0 Å². The molecule has 0 spiro atoms. The summed E-state index contributed by atoms with van der Waals surface area (Å²) >= 11 is 0. The topological polar surface area (TPSA) is 56.9 Å². The number of nitrogens with zero attached hydrogens (tertiary/aromatic N) is 1. The molecule has 3 nitrogen and oxygen atoms in total. The van der Waals surface area contributed by atoms with Crippen molar-refractivity contribution in [2.45, 2.75) is 6.92 Å². The van der Waals surface area contributed by atoms with Gasteiger partial charge in [0.05, 0.1) is 18.2 Å². The Morgan fingerprint density at radius 3 is 1.95 bits per heavy atom. The van der Waals surface area contributed by atoms with Crippen LogP contribution in [0.2, 0.25) is 0 Å². The fraction of sp³-hybridized carbons (Fsp3) is 0.125. The number of nitriles is 1. The van der Waals surface area contributed by atoms with Crippen molar-refractivity contribution < 1.29 is 4.74 Å². The number of nitrogens with one attached hydrogen (secondary N) is 1. The Bertz CT molecular complexity index is 535. The molecule has 20 heavy (non-hydrogen) atoms. The maximum Gasteiger partial charge on any atom is 0.213 e. The molecule has 0 radical (unpaired) electrons. The largest absolute Gasteiger partial charge is 0.478 e. The van der Waals surface area contributed by atoms with E-state index in [2.05, 4.69) is 0 Å². The fourth-order valence-corrected chi connectivity index (χ4v) is 1.33. The maximum absolute atomic E-state index is 8.29. The monoisotopic (exact) mass is 288 g/mol. The number of benzene rings is 2. The van der Waals surface area contributed by atoms with Gasteiger partial charge in [0.2, 0.25) is 5.90 Å². The van der Waals surface area contributed by atoms with Gasteiger partial charge in [0, 0.05) is 5.56 Å². The lowest BCUT2D eigenvalue weighted by molar-refractivity contribution is 0.325. The van der Waals surface area contributed by atoms with E-state index in [-0.39, 0.29) is 18.3 Å². The standard InChI is InChI=1S/C9H11NO.C7H5N.ClH/c1-2-11-9(10)8-6-4-3-5-7-8;8-6-7-4-2-1-3-5-7;/h3-7,10H,2H2,1H3;1-5H;1H. The second kappa shape index (κ2) is 10.6. The van der Waals surface area contributed by atoms with Crippen molar-refractivity contribution in [3.8, 4) is 6.07 Å². The summed E-state index contributed by atoms with van der Waals surface area (Å²) in [5.41, 5.74) is 1.54. The molecule has 0 aliphatic carbocycles. The first-order valence-electron chi connectivity index (χ1n) is 5.99. The first-order chi connectivity index (χ1) is 9.27. The number of rotatable bonds is 2. The molecule has 0 bridgehead atoms. The molecule has 0 atom stereocenters. The predicted octanol–water partition coefficient (Wildman–Crippen LogP) is 4.03. The van der Waals surface area contributed by atoms with E-state index in [1.54, 1.807) is 12.1 Å². The molecule has 0 aromatic heterocycles. The summed E-state index contributed by atoms with van der Waals surface area (Å²) < 4.78 is 5.01. The molecule has 0 heterocycles. The van der Waals surface area contributed by atoms with Gasteiger partial charge in [-0.3, -0.25) is 5.41 Å². The first-order valence-corrected chi connectivity index (χ1v) is 5.99. The summed E-state index contributed by atoms with van der Waals surface area (Å²) in [5, 5.41) is 15.7. The van der Waals surface area contributed by atoms with Gasteiger partial charge in [0.15, 0.2) is 0 Å². The van der Waals surface area contributed by atoms with Crippen molar-refractivity contribution in [3.63, 3.8) is 0 Å². The highest BCUT2D eigenvalue weighted by molar-refractivity contribution is 5.91. The zero-order valence-electron chi connectivity index (χ0n) is 11.2. The van der Waals surface area contributed by atoms with E-state index in [1.807, 2.05) is 61.5 Å². The summed E-state index contributed by atoms with van der Waals surface area (Å²) in [6.07, 6.45) is 0. The Morgan fingerprint density at radius 2 is 1.55 bits per heavy atom. The van der Waals surface area contributed by atoms with E-state index in [4.69, 9.17) is 15.4 Å². The number of halogens is 1. The zero-order chi connectivity index (χ0) is 13.9. The molecule has 0 unspecified atom stereocenters. The summed E-state index contributed by atoms with van der Waals surface area (Å²) in [6.45, 7) is 2.42. The zero-order valence-corrected chi connectivity index (χ0v) is 12.1. The molecule has 1 N–H and O–H groups in total. The quantitative estimate of drug-likeness (QED) is 0.670. The summed E-state index contributed by atoms with van der Waals surface area (Å²) in [6, 6.07) is 20.6. The summed E-state index contributed by atoms with van der Waals surface area (Å²) in [7, 11) is 0. The molecule has 0 aliphatic heterocycles. The molecule has 0 saturated carbocycles. The summed E-state index contributed by atoms with van der Waals surface area (Å²) in [5.74, 6) is 0.244. The second-order valence-electron chi connectivity index (χ2n) is 3.61. The van der Waals surface area contributed by atoms with E-state index < -0.39 is 0 Å². The fourth-order valence-electron chi connectivity index (χ4n) is 1.33. The third-order valence-electron chi connectivity index (χ3n) is 2.23. The minimum Gasteiger partial charge on any atom is -0.478 e. The molecule has 0 aliphatic rings. The third kappa shape index (κ3) is 6.58. The molecule has 2 rings (SSSR count). The highest BCUT2D eigenvalue weighted by Crippen LogP contribution is 1.99. The Kier molecular flexibility index (Phi) is 9.37. The van der Waals surface area contributed by atoms with Gasteiger partial charge in [-0.1, -0.05) is 36.4 Å². The maximum atomic E-state index is 8.29. The van der Waals surface area contributed by atoms with E-state index in [9.17, 15) is 0 Å². The molecular weight excluding hydrogens is 272 g/mol. The average Bonchev–Trinajstić information content (AvgIpc) is 2.50. The Morgan fingerprint density at radius 1 is 1.05 bits per heavy atom. The van der Waals surface area contributed by atoms with E-state index in [0.29, 0.717) is 12.2 Å². The van der Waals surface area contributed by atoms with Crippen molar-refractivity contribution in [1.29, 1.82) is 10.7 Å². The SMILES string of the molecule is CCOC(=N)c1ccccc1.Cl.N#Cc1ccccc1. The van der Waals surface area contributed by atoms with Gasteiger partial charge in [-0.15, -0.1) is 12.4 Å². The molecule has 2 aromatic rings. The summed E-state index contributed by atoms with van der Waals surface area (Å²) in [4.78, 5) is 0. The number of hydrogen-bond acceptors (Lipinski definition) is 3. The van der Waals surface area contributed by atoms with Gasteiger partial charge in [0.1, 0.15) is 0 Å². The first kappa shape index (κ1) is 17.7. The van der Waals surface area contributed by atoms with Crippen LogP contribution in [0.5, 0.6) is 0 Å². The Labute approximate surface area is 125 Å². The van der Waals surface area contributed by atoms with Crippen molar-refractivity contribution in [2.24, 2.45) is 0 Å². The Hall–Kier alpha value is -2.31. The average molecular weight is 289 g/mol. The minimum atomic E-state index is 0. The van der Waals surface area contributed by atoms with Gasteiger partial charge < -0.3 is 4.74 Å². The van der Waals surface area contributed by atoms with Crippen LogP contribution in [0.25, 0.3) is 0 Å². The van der Waals surface area contributed by atoms with Crippen LogP contribution >= 0.6 is 12.4 Å². The second-order valence-corrected chi connectivity index (χ2v) is 3.61. The van der Waals surface area contributed by atoms with Gasteiger partial charge in [-0.25, -0.2) is 0 Å².